The highest BCUT2D eigenvalue weighted by Gasteiger charge is 2.04. The molecule has 1 N–H and O–H groups in total. The van der Waals surface area contributed by atoms with Crippen LogP contribution in [0.2, 0.25) is 0 Å². The first-order valence-electron chi connectivity index (χ1n) is 7.26. The molecule has 0 amide bonds. The minimum absolute atomic E-state index is 0.649. The molecule has 0 saturated heterocycles. The standard InChI is InChI=1S/C15H27BrN2S/c1-4-5-6-7-13(2)17-8-9-18(3)11-15-10-14(16)12-19-15/h10,12-13,17H,4-9,11H2,1-3H3. The van der Waals surface area contributed by atoms with Crippen LogP contribution in [0.3, 0.4) is 0 Å². The van der Waals surface area contributed by atoms with Crippen molar-refractivity contribution in [1.29, 1.82) is 0 Å². The van der Waals surface area contributed by atoms with Crippen LogP contribution < -0.4 is 5.32 Å². The van der Waals surface area contributed by atoms with Gasteiger partial charge in [0.05, 0.1) is 0 Å². The van der Waals surface area contributed by atoms with Gasteiger partial charge in [0.15, 0.2) is 0 Å². The number of likely N-dealkylation sites (N-methyl/N-ethyl adjacent to an activating group) is 1. The Morgan fingerprint density at radius 3 is 2.84 bits per heavy atom. The van der Waals surface area contributed by atoms with Crippen LogP contribution in [0.5, 0.6) is 0 Å². The normalized spacial score (nSPS) is 13.1. The molecule has 0 aliphatic carbocycles. The zero-order valence-corrected chi connectivity index (χ0v) is 14.8. The molecule has 1 atom stereocenters. The van der Waals surface area contributed by atoms with E-state index in [4.69, 9.17) is 0 Å². The third-order valence-electron chi connectivity index (χ3n) is 3.27. The maximum Gasteiger partial charge on any atom is 0.0325 e. The van der Waals surface area contributed by atoms with Crippen LogP contribution >= 0.6 is 27.3 Å². The Balaban J connectivity index is 2.08. The van der Waals surface area contributed by atoms with Gasteiger partial charge in [-0.25, -0.2) is 0 Å². The third kappa shape index (κ3) is 8.08. The third-order valence-corrected chi connectivity index (χ3v) is 4.96. The number of nitrogens with one attached hydrogen (secondary N) is 1. The van der Waals surface area contributed by atoms with Crippen LogP contribution in [0, 0.1) is 0 Å². The SMILES string of the molecule is CCCCCC(C)NCCN(C)Cc1cc(Br)cs1. The number of hydrogen-bond donors (Lipinski definition) is 1. The fraction of sp³-hybridized carbons (Fsp3) is 0.733. The molecule has 1 unspecified atom stereocenters. The summed E-state index contributed by atoms with van der Waals surface area (Å²) < 4.78 is 1.20. The molecule has 0 aliphatic rings. The maximum atomic E-state index is 3.62. The highest BCUT2D eigenvalue weighted by atomic mass is 79.9. The van der Waals surface area contributed by atoms with E-state index in [0.717, 1.165) is 19.6 Å². The van der Waals surface area contributed by atoms with Crippen molar-refractivity contribution in [1.82, 2.24) is 10.2 Å². The van der Waals surface area contributed by atoms with Crippen LogP contribution in [0.4, 0.5) is 0 Å². The van der Waals surface area contributed by atoms with Gasteiger partial charge >= 0.3 is 0 Å². The molecule has 0 aliphatic heterocycles. The quantitative estimate of drug-likeness (QED) is 0.627. The van der Waals surface area contributed by atoms with Crippen molar-refractivity contribution in [2.24, 2.45) is 0 Å². The molecule has 0 bridgehead atoms. The summed E-state index contributed by atoms with van der Waals surface area (Å²) in [5, 5.41) is 5.77. The summed E-state index contributed by atoms with van der Waals surface area (Å²) in [4.78, 5) is 3.80. The summed E-state index contributed by atoms with van der Waals surface area (Å²) >= 11 is 5.33. The lowest BCUT2D eigenvalue weighted by Crippen LogP contribution is -2.34. The predicted octanol–water partition coefficient (Wildman–Crippen LogP) is 4.50. The largest absolute Gasteiger partial charge is 0.313 e. The van der Waals surface area contributed by atoms with Crippen molar-refractivity contribution in [2.75, 3.05) is 20.1 Å². The average molecular weight is 347 g/mol. The lowest BCUT2D eigenvalue weighted by atomic mass is 10.1. The van der Waals surface area contributed by atoms with E-state index in [1.807, 2.05) is 11.3 Å². The molecule has 0 spiro atoms. The minimum atomic E-state index is 0.649. The van der Waals surface area contributed by atoms with Gasteiger partial charge in [-0.15, -0.1) is 11.3 Å². The fourth-order valence-corrected chi connectivity index (χ4v) is 3.62. The van der Waals surface area contributed by atoms with Gasteiger partial charge in [-0.1, -0.05) is 26.2 Å². The molecule has 110 valence electrons. The van der Waals surface area contributed by atoms with Gasteiger partial charge in [-0.2, -0.15) is 0 Å². The number of hydrogen-bond acceptors (Lipinski definition) is 3. The van der Waals surface area contributed by atoms with Gasteiger partial charge in [-0.3, -0.25) is 0 Å². The van der Waals surface area contributed by atoms with E-state index in [2.05, 4.69) is 58.5 Å². The molecule has 0 aromatic carbocycles. The Bertz CT molecular complexity index is 341. The number of unbranched alkanes of at least 4 members (excludes halogenated alkanes) is 2. The van der Waals surface area contributed by atoms with Crippen LogP contribution in [-0.4, -0.2) is 31.1 Å². The van der Waals surface area contributed by atoms with Crippen molar-refractivity contribution < 1.29 is 0 Å². The average Bonchev–Trinajstić information content (AvgIpc) is 2.75. The van der Waals surface area contributed by atoms with Gasteiger partial charge in [0.25, 0.3) is 0 Å². The lowest BCUT2D eigenvalue weighted by molar-refractivity contribution is 0.318. The second-order valence-corrected chi connectivity index (χ2v) is 7.23. The number of nitrogens with zero attached hydrogens (tertiary/aromatic N) is 1. The van der Waals surface area contributed by atoms with Crippen molar-refractivity contribution in [3.63, 3.8) is 0 Å². The van der Waals surface area contributed by atoms with E-state index in [1.165, 1.54) is 35.0 Å². The van der Waals surface area contributed by atoms with E-state index in [0.29, 0.717) is 6.04 Å². The Labute approximate surface area is 130 Å². The first-order valence-corrected chi connectivity index (χ1v) is 8.94. The second kappa shape index (κ2) is 9.92. The Morgan fingerprint density at radius 2 is 2.21 bits per heavy atom. The molecule has 1 aromatic heterocycles. The van der Waals surface area contributed by atoms with Gasteiger partial charge in [0.1, 0.15) is 0 Å². The molecule has 1 heterocycles. The summed E-state index contributed by atoms with van der Waals surface area (Å²) in [6.07, 6.45) is 5.32. The van der Waals surface area contributed by atoms with Crippen LogP contribution in [-0.2, 0) is 6.54 Å². The van der Waals surface area contributed by atoms with Gasteiger partial charge < -0.3 is 10.2 Å². The molecule has 4 heteroatoms. The van der Waals surface area contributed by atoms with E-state index in [1.54, 1.807) is 0 Å². The molecule has 0 saturated carbocycles. The van der Waals surface area contributed by atoms with Crippen molar-refractivity contribution >= 4 is 27.3 Å². The van der Waals surface area contributed by atoms with E-state index in [-0.39, 0.29) is 0 Å². The highest BCUT2D eigenvalue weighted by molar-refractivity contribution is 9.10. The Hall–Kier alpha value is 0.1000. The summed E-state index contributed by atoms with van der Waals surface area (Å²) in [6, 6.07) is 2.86. The number of thiophene rings is 1. The second-order valence-electron chi connectivity index (χ2n) is 5.32. The molecular formula is C15H27BrN2S. The predicted molar refractivity (Wildman–Crippen MR) is 90.0 cm³/mol. The smallest absolute Gasteiger partial charge is 0.0325 e. The molecule has 19 heavy (non-hydrogen) atoms. The molecule has 2 nitrogen and oxygen atoms in total. The molecular weight excluding hydrogens is 320 g/mol. The first kappa shape index (κ1) is 17.2. The molecule has 0 radical (unpaired) electrons. The van der Waals surface area contributed by atoms with Crippen LogP contribution in [0.15, 0.2) is 15.9 Å². The zero-order valence-electron chi connectivity index (χ0n) is 12.4. The molecule has 1 rings (SSSR count). The monoisotopic (exact) mass is 346 g/mol. The lowest BCUT2D eigenvalue weighted by Gasteiger charge is -2.18. The fourth-order valence-electron chi connectivity index (χ4n) is 2.09. The number of rotatable bonds is 10. The molecule has 0 fully saturated rings. The van der Waals surface area contributed by atoms with Crippen LogP contribution in [0.1, 0.15) is 44.4 Å². The first-order chi connectivity index (χ1) is 9.11. The van der Waals surface area contributed by atoms with Gasteiger partial charge in [-0.05, 0) is 42.4 Å². The summed E-state index contributed by atoms with van der Waals surface area (Å²) in [5.74, 6) is 0. The zero-order chi connectivity index (χ0) is 14.1. The Morgan fingerprint density at radius 1 is 1.42 bits per heavy atom. The maximum absolute atomic E-state index is 3.62. The van der Waals surface area contributed by atoms with E-state index >= 15 is 0 Å². The van der Waals surface area contributed by atoms with Gasteiger partial charge in [0.2, 0.25) is 0 Å². The number of halogens is 1. The highest BCUT2D eigenvalue weighted by Crippen LogP contribution is 2.20. The van der Waals surface area contributed by atoms with Crippen molar-refractivity contribution in [3.05, 3.63) is 20.8 Å². The van der Waals surface area contributed by atoms with Crippen molar-refractivity contribution in [3.8, 4) is 0 Å². The van der Waals surface area contributed by atoms with E-state index < -0.39 is 0 Å². The summed E-state index contributed by atoms with van der Waals surface area (Å²) in [5.41, 5.74) is 0. The van der Waals surface area contributed by atoms with Crippen LogP contribution in [0.25, 0.3) is 0 Å². The Kier molecular flexibility index (Phi) is 8.95. The summed E-state index contributed by atoms with van der Waals surface area (Å²) in [7, 11) is 2.19. The summed E-state index contributed by atoms with van der Waals surface area (Å²) in [6.45, 7) is 7.79. The topological polar surface area (TPSA) is 15.3 Å². The minimum Gasteiger partial charge on any atom is -0.313 e. The van der Waals surface area contributed by atoms with Gasteiger partial charge in [0, 0.05) is 40.4 Å². The van der Waals surface area contributed by atoms with Crippen molar-refractivity contribution in [2.45, 2.75) is 52.1 Å². The molecule has 1 aromatic rings. The van der Waals surface area contributed by atoms with E-state index in [9.17, 15) is 0 Å².